The Morgan fingerprint density at radius 3 is 1.93 bits per heavy atom. The maximum Gasteiger partial charge on any atom is 0.0975 e. The molecule has 2 rings (SSSR count). The summed E-state index contributed by atoms with van der Waals surface area (Å²) in [4.78, 5) is 2.18. The summed E-state index contributed by atoms with van der Waals surface area (Å²) in [7, 11) is 4.18. The molecule has 0 aliphatic rings. The van der Waals surface area contributed by atoms with Gasteiger partial charge in [0, 0.05) is 25.3 Å². The molecule has 0 heterocycles. The Kier molecular flexibility index (Phi) is 5.91. The third-order valence-corrected chi connectivity index (χ3v) is 4.97. The van der Waals surface area contributed by atoms with Crippen molar-refractivity contribution in [3.05, 3.63) is 65.7 Å². The van der Waals surface area contributed by atoms with Crippen LogP contribution in [0.4, 0.5) is 5.69 Å². The van der Waals surface area contributed by atoms with Crippen molar-refractivity contribution in [1.82, 2.24) is 0 Å². The highest BCUT2D eigenvalue weighted by Crippen LogP contribution is 2.47. The van der Waals surface area contributed by atoms with E-state index in [1.165, 1.54) is 27.9 Å². The molecule has 0 radical (unpaired) electrons. The molecule has 0 aliphatic carbocycles. The fourth-order valence-corrected chi connectivity index (χ4v) is 3.76. The molecule has 0 aromatic heterocycles. The molecular formula is C25H35NO. The van der Waals surface area contributed by atoms with Crippen LogP contribution in [0.15, 0.2) is 49.1 Å². The molecule has 27 heavy (non-hydrogen) atoms. The van der Waals surface area contributed by atoms with Gasteiger partial charge in [-0.2, -0.15) is 0 Å². The van der Waals surface area contributed by atoms with Gasteiger partial charge in [0.05, 0.1) is 6.10 Å². The van der Waals surface area contributed by atoms with Gasteiger partial charge >= 0.3 is 0 Å². The van der Waals surface area contributed by atoms with Crippen molar-refractivity contribution in [2.24, 2.45) is 0 Å². The van der Waals surface area contributed by atoms with Crippen LogP contribution in [0.2, 0.25) is 0 Å². The first-order valence-electron chi connectivity index (χ1n) is 9.64. The third kappa shape index (κ3) is 4.27. The third-order valence-electron chi connectivity index (χ3n) is 4.97. The monoisotopic (exact) mass is 365 g/mol. The quantitative estimate of drug-likeness (QED) is 0.649. The molecule has 2 aromatic carbocycles. The van der Waals surface area contributed by atoms with Crippen LogP contribution in [0.1, 0.15) is 64.3 Å². The van der Waals surface area contributed by atoms with Crippen LogP contribution in [0, 0.1) is 0 Å². The minimum absolute atomic E-state index is 0.0979. The summed E-state index contributed by atoms with van der Waals surface area (Å²) in [6.45, 7) is 17.2. The van der Waals surface area contributed by atoms with Crippen LogP contribution in [0.3, 0.4) is 0 Å². The molecule has 2 nitrogen and oxygen atoms in total. The number of nitrogens with zero attached hydrogens (tertiary/aromatic N) is 1. The molecule has 0 saturated carbocycles. The normalized spacial score (nSPS) is 13.4. The first kappa shape index (κ1) is 21.2. The van der Waals surface area contributed by atoms with E-state index in [1.807, 2.05) is 6.07 Å². The molecule has 146 valence electrons. The van der Waals surface area contributed by atoms with Gasteiger partial charge in [-0.25, -0.2) is 0 Å². The summed E-state index contributed by atoms with van der Waals surface area (Å²) in [5.41, 5.74) is 6.66. The number of benzene rings is 2. The van der Waals surface area contributed by atoms with Crippen molar-refractivity contribution in [1.29, 1.82) is 0 Å². The highest BCUT2D eigenvalue weighted by molar-refractivity contribution is 5.85. The molecule has 1 unspecified atom stereocenters. The zero-order valence-electron chi connectivity index (χ0n) is 18.2. The average Bonchev–Trinajstić information content (AvgIpc) is 2.58. The van der Waals surface area contributed by atoms with E-state index in [2.05, 4.69) is 97.4 Å². The Hall–Kier alpha value is -2.06. The van der Waals surface area contributed by atoms with E-state index in [0.29, 0.717) is 0 Å². The number of aliphatic hydroxyl groups is 1. The summed E-state index contributed by atoms with van der Waals surface area (Å²) in [6.07, 6.45) is 0.941. The van der Waals surface area contributed by atoms with Crippen molar-refractivity contribution in [3.63, 3.8) is 0 Å². The van der Waals surface area contributed by atoms with Gasteiger partial charge in [-0.15, -0.1) is 6.58 Å². The second kappa shape index (κ2) is 7.52. The van der Waals surface area contributed by atoms with Gasteiger partial charge in [0.2, 0.25) is 0 Å². The van der Waals surface area contributed by atoms with Crippen LogP contribution in [-0.4, -0.2) is 19.2 Å². The van der Waals surface area contributed by atoms with Crippen LogP contribution >= 0.6 is 0 Å². The summed E-state index contributed by atoms with van der Waals surface area (Å²) >= 11 is 0. The maximum atomic E-state index is 11.0. The van der Waals surface area contributed by atoms with Crippen molar-refractivity contribution >= 4 is 5.69 Å². The highest BCUT2D eigenvalue weighted by atomic mass is 16.3. The number of rotatable bonds is 4. The molecule has 0 fully saturated rings. The molecule has 0 bridgehead atoms. The van der Waals surface area contributed by atoms with E-state index in [0.717, 1.165) is 5.56 Å². The maximum absolute atomic E-state index is 11.0. The number of hydrogen-bond acceptors (Lipinski definition) is 2. The van der Waals surface area contributed by atoms with Gasteiger partial charge in [-0.05, 0) is 39.2 Å². The molecule has 2 aromatic rings. The van der Waals surface area contributed by atoms with Crippen LogP contribution < -0.4 is 4.90 Å². The van der Waals surface area contributed by atoms with E-state index < -0.39 is 6.10 Å². The molecule has 0 saturated heterocycles. The SMILES string of the molecule is C=CC(O)c1c(C(C)(C)C)cc(N(C)C)c(-c2ccccc2)c1C(C)(C)C. The minimum atomic E-state index is -0.702. The Morgan fingerprint density at radius 1 is 0.963 bits per heavy atom. The Bertz CT molecular complexity index is 805. The summed E-state index contributed by atoms with van der Waals surface area (Å²) < 4.78 is 0. The van der Waals surface area contributed by atoms with Crippen molar-refractivity contribution in [2.75, 3.05) is 19.0 Å². The van der Waals surface area contributed by atoms with Gasteiger partial charge in [-0.3, -0.25) is 0 Å². The minimum Gasteiger partial charge on any atom is -0.384 e. The average molecular weight is 366 g/mol. The zero-order valence-corrected chi connectivity index (χ0v) is 18.2. The molecule has 1 N–H and O–H groups in total. The van der Waals surface area contributed by atoms with E-state index in [9.17, 15) is 5.11 Å². The van der Waals surface area contributed by atoms with Gasteiger partial charge in [-0.1, -0.05) is 78.0 Å². The van der Waals surface area contributed by atoms with Gasteiger partial charge in [0.1, 0.15) is 0 Å². The zero-order chi connectivity index (χ0) is 20.6. The highest BCUT2D eigenvalue weighted by Gasteiger charge is 2.33. The lowest BCUT2D eigenvalue weighted by Crippen LogP contribution is -2.26. The van der Waals surface area contributed by atoms with E-state index in [1.54, 1.807) is 6.08 Å². The standard InChI is InChI=1S/C25H35NO/c1-10-20(27)22-18(24(2,3)4)16-19(26(8)9)21(23(22)25(5,6)7)17-14-12-11-13-15-17/h10-16,20,27H,1H2,2-9H3. The molecule has 0 amide bonds. The Balaban J connectivity index is 3.13. The Labute approximate surface area is 165 Å². The van der Waals surface area contributed by atoms with Crippen LogP contribution in [0.25, 0.3) is 11.1 Å². The van der Waals surface area contributed by atoms with Crippen molar-refractivity contribution in [2.45, 2.75) is 58.5 Å². The first-order valence-corrected chi connectivity index (χ1v) is 9.64. The van der Waals surface area contributed by atoms with Crippen LogP contribution in [-0.2, 0) is 10.8 Å². The van der Waals surface area contributed by atoms with E-state index in [4.69, 9.17) is 0 Å². The lowest BCUT2D eigenvalue weighted by molar-refractivity contribution is 0.223. The number of aliphatic hydroxyl groups excluding tert-OH is 1. The Morgan fingerprint density at radius 2 is 1.52 bits per heavy atom. The molecular weight excluding hydrogens is 330 g/mol. The molecule has 1 atom stereocenters. The predicted molar refractivity (Wildman–Crippen MR) is 119 cm³/mol. The second-order valence-electron chi connectivity index (χ2n) is 9.55. The predicted octanol–water partition coefficient (Wildman–Crippen LogP) is 6.23. The summed E-state index contributed by atoms with van der Waals surface area (Å²) in [5.74, 6) is 0. The second-order valence-corrected chi connectivity index (χ2v) is 9.55. The van der Waals surface area contributed by atoms with Gasteiger partial charge < -0.3 is 10.0 Å². The number of anilines is 1. The fourth-order valence-electron chi connectivity index (χ4n) is 3.76. The molecule has 0 aliphatic heterocycles. The summed E-state index contributed by atoms with van der Waals surface area (Å²) in [6, 6.07) is 12.7. The molecule has 0 spiro atoms. The lowest BCUT2D eigenvalue weighted by Gasteiger charge is -2.36. The van der Waals surface area contributed by atoms with Gasteiger partial charge in [0.25, 0.3) is 0 Å². The fraction of sp³-hybridized carbons (Fsp3) is 0.440. The number of hydrogen-bond donors (Lipinski definition) is 1. The van der Waals surface area contributed by atoms with E-state index >= 15 is 0 Å². The van der Waals surface area contributed by atoms with E-state index in [-0.39, 0.29) is 10.8 Å². The van der Waals surface area contributed by atoms with Crippen LogP contribution in [0.5, 0.6) is 0 Å². The van der Waals surface area contributed by atoms with Gasteiger partial charge in [0.15, 0.2) is 0 Å². The van der Waals surface area contributed by atoms with Crippen molar-refractivity contribution in [3.8, 4) is 11.1 Å². The lowest BCUT2D eigenvalue weighted by atomic mass is 9.71. The summed E-state index contributed by atoms with van der Waals surface area (Å²) in [5, 5.41) is 11.0. The van der Waals surface area contributed by atoms with Crippen molar-refractivity contribution < 1.29 is 5.11 Å². The first-order chi connectivity index (χ1) is 12.4. The smallest absolute Gasteiger partial charge is 0.0975 e. The largest absolute Gasteiger partial charge is 0.384 e. The molecule has 2 heteroatoms. The topological polar surface area (TPSA) is 23.5 Å².